The van der Waals surface area contributed by atoms with E-state index in [4.69, 9.17) is 0 Å². The quantitative estimate of drug-likeness (QED) is 0.704. The van der Waals surface area contributed by atoms with Crippen LogP contribution in [0.15, 0.2) is 65.2 Å². The van der Waals surface area contributed by atoms with Gasteiger partial charge in [0, 0.05) is 16.1 Å². The summed E-state index contributed by atoms with van der Waals surface area (Å²) in [6.45, 7) is 0. The lowest BCUT2D eigenvalue weighted by Gasteiger charge is -2.37. The van der Waals surface area contributed by atoms with E-state index in [0.29, 0.717) is 17.9 Å². The van der Waals surface area contributed by atoms with Crippen LogP contribution in [0.4, 0.5) is 5.69 Å². The third-order valence-corrected chi connectivity index (χ3v) is 5.23. The third kappa shape index (κ3) is 1.82. The van der Waals surface area contributed by atoms with Gasteiger partial charge in [0.25, 0.3) is 0 Å². The first-order valence-electron chi connectivity index (χ1n) is 7.11. The van der Waals surface area contributed by atoms with Gasteiger partial charge in [-0.2, -0.15) is 0 Å². The Morgan fingerprint density at radius 1 is 0.950 bits per heavy atom. The molecule has 0 saturated heterocycles. The van der Waals surface area contributed by atoms with Gasteiger partial charge >= 0.3 is 0 Å². The second kappa shape index (κ2) is 4.78. The molecule has 2 aliphatic rings. The van der Waals surface area contributed by atoms with E-state index in [2.05, 4.69) is 81.9 Å². The Bertz CT molecular complexity index is 677. The van der Waals surface area contributed by atoms with Gasteiger partial charge in [-0.3, -0.25) is 0 Å². The maximum absolute atomic E-state index is 3.76. The number of rotatable bonds is 1. The molecule has 1 aliphatic carbocycles. The number of anilines is 1. The molecule has 1 aliphatic heterocycles. The standard InChI is InChI=1S/C18H16BrN/c19-16-10-3-1-7-15(16)18-14-9-5-8-12(14)13-6-2-4-11-17(13)20-18/h1-8,10-12,14,18,20H,9H2/t12?,14?,18-/m0/s1. The minimum Gasteiger partial charge on any atom is -0.378 e. The fourth-order valence-corrected chi connectivity index (χ4v) is 4.11. The number of benzene rings is 2. The van der Waals surface area contributed by atoms with Crippen LogP contribution in [0, 0.1) is 5.92 Å². The number of nitrogens with one attached hydrogen (secondary N) is 1. The average molecular weight is 326 g/mol. The van der Waals surface area contributed by atoms with Gasteiger partial charge in [-0.1, -0.05) is 64.5 Å². The van der Waals surface area contributed by atoms with Crippen LogP contribution in [-0.2, 0) is 0 Å². The molecule has 0 saturated carbocycles. The SMILES string of the molecule is Brc1ccccc1[C@H]1Nc2ccccc2C2C=CCC21. The fraction of sp³-hybridized carbons (Fsp3) is 0.222. The summed E-state index contributed by atoms with van der Waals surface area (Å²) in [5.74, 6) is 1.16. The van der Waals surface area contributed by atoms with Crippen molar-refractivity contribution in [3.63, 3.8) is 0 Å². The summed E-state index contributed by atoms with van der Waals surface area (Å²) in [6, 6.07) is 17.6. The number of fused-ring (bicyclic) bond motifs is 3. The van der Waals surface area contributed by atoms with E-state index in [1.165, 1.54) is 21.3 Å². The minimum absolute atomic E-state index is 0.375. The smallest absolute Gasteiger partial charge is 0.0565 e. The van der Waals surface area contributed by atoms with Crippen LogP contribution in [0.2, 0.25) is 0 Å². The van der Waals surface area contributed by atoms with Gasteiger partial charge in [0.2, 0.25) is 0 Å². The van der Waals surface area contributed by atoms with E-state index < -0.39 is 0 Å². The third-order valence-electron chi connectivity index (χ3n) is 4.51. The van der Waals surface area contributed by atoms with Crippen LogP contribution in [-0.4, -0.2) is 0 Å². The Balaban J connectivity index is 1.82. The monoisotopic (exact) mass is 325 g/mol. The molecule has 2 aromatic carbocycles. The Hall–Kier alpha value is -1.54. The van der Waals surface area contributed by atoms with Crippen molar-refractivity contribution in [2.75, 3.05) is 5.32 Å². The van der Waals surface area contributed by atoms with Crippen LogP contribution in [0.1, 0.15) is 29.5 Å². The zero-order valence-electron chi connectivity index (χ0n) is 11.1. The molecule has 1 N–H and O–H groups in total. The molecule has 3 atom stereocenters. The summed E-state index contributed by atoms with van der Waals surface area (Å²) >= 11 is 3.71. The van der Waals surface area contributed by atoms with Gasteiger partial charge in [-0.05, 0) is 35.6 Å². The molecule has 100 valence electrons. The van der Waals surface area contributed by atoms with Gasteiger partial charge in [-0.25, -0.2) is 0 Å². The number of para-hydroxylation sites is 1. The molecular formula is C18H16BrN. The number of hydrogen-bond donors (Lipinski definition) is 1. The molecule has 2 heteroatoms. The Labute approximate surface area is 127 Å². The topological polar surface area (TPSA) is 12.0 Å². The predicted octanol–water partition coefficient (Wildman–Crippen LogP) is 5.28. The largest absolute Gasteiger partial charge is 0.378 e. The van der Waals surface area contributed by atoms with E-state index in [1.807, 2.05) is 0 Å². The molecule has 0 amide bonds. The maximum Gasteiger partial charge on any atom is 0.0565 e. The fourth-order valence-electron chi connectivity index (χ4n) is 3.58. The minimum atomic E-state index is 0.375. The first-order chi connectivity index (χ1) is 9.84. The molecule has 0 radical (unpaired) electrons. The van der Waals surface area contributed by atoms with Gasteiger partial charge in [0.15, 0.2) is 0 Å². The molecular weight excluding hydrogens is 310 g/mol. The molecule has 1 heterocycles. The van der Waals surface area contributed by atoms with Crippen molar-refractivity contribution in [1.82, 2.24) is 0 Å². The van der Waals surface area contributed by atoms with Gasteiger partial charge in [0.05, 0.1) is 6.04 Å². The Kier molecular flexibility index (Phi) is 2.92. The van der Waals surface area contributed by atoms with Crippen molar-refractivity contribution in [1.29, 1.82) is 0 Å². The summed E-state index contributed by atoms with van der Waals surface area (Å²) in [7, 11) is 0. The maximum atomic E-state index is 3.76. The molecule has 0 spiro atoms. The Morgan fingerprint density at radius 2 is 1.70 bits per heavy atom. The highest BCUT2D eigenvalue weighted by Crippen LogP contribution is 2.50. The van der Waals surface area contributed by atoms with Crippen molar-refractivity contribution < 1.29 is 0 Å². The van der Waals surface area contributed by atoms with Crippen molar-refractivity contribution in [3.8, 4) is 0 Å². The van der Waals surface area contributed by atoms with Crippen molar-refractivity contribution in [3.05, 3.63) is 76.3 Å². The lowest BCUT2D eigenvalue weighted by Crippen LogP contribution is -2.29. The predicted molar refractivity (Wildman–Crippen MR) is 86.9 cm³/mol. The van der Waals surface area contributed by atoms with E-state index in [-0.39, 0.29) is 0 Å². The highest BCUT2D eigenvalue weighted by Gasteiger charge is 2.38. The zero-order valence-corrected chi connectivity index (χ0v) is 12.7. The molecule has 20 heavy (non-hydrogen) atoms. The molecule has 0 fully saturated rings. The Morgan fingerprint density at radius 3 is 2.55 bits per heavy atom. The summed E-state index contributed by atoms with van der Waals surface area (Å²) in [4.78, 5) is 0. The molecule has 0 bridgehead atoms. The molecule has 2 aromatic rings. The zero-order chi connectivity index (χ0) is 13.5. The molecule has 2 unspecified atom stereocenters. The van der Waals surface area contributed by atoms with E-state index in [0.717, 1.165) is 6.42 Å². The van der Waals surface area contributed by atoms with Gasteiger partial charge in [0.1, 0.15) is 0 Å². The summed E-state index contributed by atoms with van der Waals surface area (Å²) in [5.41, 5.74) is 4.08. The van der Waals surface area contributed by atoms with E-state index >= 15 is 0 Å². The summed E-state index contributed by atoms with van der Waals surface area (Å²) < 4.78 is 1.20. The van der Waals surface area contributed by atoms with Crippen LogP contribution in [0.5, 0.6) is 0 Å². The molecule has 4 rings (SSSR count). The van der Waals surface area contributed by atoms with Gasteiger partial charge in [-0.15, -0.1) is 0 Å². The van der Waals surface area contributed by atoms with Crippen LogP contribution in [0.3, 0.4) is 0 Å². The number of hydrogen-bond acceptors (Lipinski definition) is 1. The van der Waals surface area contributed by atoms with Crippen LogP contribution >= 0.6 is 15.9 Å². The highest BCUT2D eigenvalue weighted by molar-refractivity contribution is 9.10. The van der Waals surface area contributed by atoms with E-state index in [9.17, 15) is 0 Å². The van der Waals surface area contributed by atoms with Crippen molar-refractivity contribution in [2.45, 2.75) is 18.4 Å². The van der Waals surface area contributed by atoms with Crippen LogP contribution < -0.4 is 5.32 Å². The number of halogens is 1. The molecule has 0 aromatic heterocycles. The highest BCUT2D eigenvalue weighted by atomic mass is 79.9. The van der Waals surface area contributed by atoms with Crippen molar-refractivity contribution in [2.24, 2.45) is 5.92 Å². The van der Waals surface area contributed by atoms with Crippen molar-refractivity contribution >= 4 is 21.6 Å². The first kappa shape index (κ1) is 12.2. The lowest BCUT2D eigenvalue weighted by atomic mass is 9.77. The van der Waals surface area contributed by atoms with E-state index in [1.54, 1.807) is 0 Å². The lowest BCUT2D eigenvalue weighted by molar-refractivity contribution is 0.424. The summed E-state index contributed by atoms with van der Waals surface area (Å²) in [6.07, 6.45) is 5.87. The summed E-state index contributed by atoms with van der Waals surface area (Å²) in [5, 5.41) is 3.76. The molecule has 1 nitrogen and oxygen atoms in total. The normalized spacial score (nSPS) is 26.8. The van der Waals surface area contributed by atoms with Crippen LogP contribution in [0.25, 0.3) is 0 Å². The second-order valence-electron chi connectivity index (χ2n) is 5.58. The first-order valence-corrected chi connectivity index (χ1v) is 7.90. The average Bonchev–Trinajstić information content (AvgIpc) is 2.97. The number of allylic oxidation sites excluding steroid dienone is 2. The van der Waals surface area contributed by atoms with Gasteiger partial charge < -0.3 is 5.32 Å². The second-order valence-corrected chi connectivity index (χ2v) is 6.44.